The van der Waals surface area contributed by atoms with Crippen LogP contribution in [0.2, 0.25) is 0 Å². The lowest BCUT2D eigenvalue weighted by Crippen LogP contribution is -2.38. The van der Waals surface area contributed by atoms with Crippen molar-refractivity contribution in [2.24, 2.45) is 10.5 Å². The van der Waals surface area contributed by atoms with Crippen LogP contribution in [0.25, 0.3) is 10.4 Å². The summed E-state index contributed by atoms with van der Waals surface area (Å²) >= 11 is 3.31. The summed E-state index contributed by atoms with van der Waals surface area (Å²) in [5.74, 6) is 2.69. The fraction of sp³-hybridized carbons (Fsp3) is 0.500. The van der Waals surface area contributed by atoms with E-state index in [0.717, 1.165) is 12.0 Å². The van der Waals surface area contributed by atoms with Crippen LogP contribution in [0.5, 0.6) is 0 Å². The predicted octanol–water partition coefficient (Wildman–Crippen LogP) is 2.36. The normalized spacial score (nSPS) is 26.2. The van der Waals surface area contributed by atoms with Gasteiger partial charge in [-0.25, -0.2) is 4.98 Å². The number of anilines is 1. The Bertz CT molecular complexity index is 772. The molecule has 1 aliphatic heterocycles. The summed E-state index contributed by atoms with van der Waals surface area (Å²) in [6, 6.07) is 3.52. The Kier molecular flexibility index (Phi) is 5.25. The molecule has 1 aromatic rings. The Morgan fingerprint density at radius 1 is 1.64 bits per heavy atom. The SMILES string of the molecule is C#CCOCc1ccc(Br)nc1NC(=O)[C@@H]1C[C@@]2(CN=[N+]=[N-])CC2N1. The smallest absolute Gasteiger partial charge is 0.242 e. The van der Waals surface area contributed by atoms with E-state index in [4.69, 9.17) is 16.7 Å². The fourth-order valence-electron chi connectivity index (χ4n) is 3.21. The Labute approximate surface area is 153 Å². The molecule has 1 aliphatic carbocycles. The molecule has 0 spiro atoms. The molecule has 8 nitrogen and oxygen atoms in total. The molecule has 9 heteroatoms. The fourth-order valence-corrected chi connectivity index (χ4v) is 3.52. The zero-order valence-electron chi connectivity index (χ0n) is 13.4. The van der Waals surface area contributed by atoms with E-state index in [9.17, 15) is 4.79 Å². The van der Waals surface area contributed by atoms with Crippen molar-refractivity contribution >= 4 is 27.7 Å². The maximum atomic E-state index is 12.6. The van der Waals surface area contributed by atoms with E-state index in [1.807, 2.05) is 6.07 Å². The second-order valence-corrected chi connectivity index (χ2v) is 7.07. The van der Waals surface area contributed by atoms with Crippen LogP contribution in [-0.2, 0) is 16.1 Å². The molecule has 1 aromatic heterocycles. The first kappa shape index (κ1) is 17.7. The van der Waals surface area contributed by atoms with Crippen molar-refractivity contribution in [3.63, 3.8) is 0 Å². The highest BCUT2D eigenvalue weighted by atomic mass is 79.9. The van der Waals surface area contributed by atoms with Crippen LogP contribution in [0.15, 0.2) is 21.9 Å². The van der Waals surface area contributed by atoms with Gasteiger partial charge in [0.2, 0.25) is 5.91 Å². The monoisotopic (exact) mass is 404 g/mol. The van der Waals surface area contributed by atoms with Gasteiger partial charge in [-0.3, -0.25) is 4.79 Å². The summed E-state index contributed by atoms with van der Waals surface area (Å²) in [5, 5.41) is 9.82. The third kappa shape index (κ3) is 3.94. The van der Waals surface area contributed by atoms with Gasteiger partial charge < -0.3 is 15.4 Å². The number of ether oxygens (including phenoxy) is 1. The number of amides is 1. The van der Waals surface area contributed by atoms with Gasteiger partial charge in [-0.2, -0.15) is 0 Å². The van der Waals surface area contributed by atoms with Crippen molar-refractivity contribution in [3.05, 3.63) is 32.7 Å². The number of nitrogens with zero attached hydrogens (tertiary/aromatic N) is 4. The Morgan fingerprint density at radius 2 is 2.48 bits per heavy atom. The number of carbonyl (C=O) groups excluding carboxylic acids is 1. The quantitative estimate of drug-likeness (QED) is 0.181. The average Bonchev–Trinajstić information content (AvgIpc) is 3.15. The molecule has 2 heterocycles. The van der Waals surface area contributed by atoms with Crippen LogP contribution in [0.1, 0.15) is 18.4 Å². The number of halogens is 1. The van der Waals surface area contributed by atoms with Gasteiger partial charge in [-0.1, -0.05) is 17.1 Å². The minimum Gasteiger partial charge on any atom is -0.364 e. The van der Waals surface area contributed by atoms with Crippen molar-refractivity contribution in [2.75, 3.05) is 18.5 Å². The Morgan fingerprint density at radius 3 is 3.24 bits per heavy atom. The zero-order valence-corrected chi connectivity index (χ0v) is 15.0. The number of hydrogen-bond donors (Lipinski definition) is 2. The van der Waals surface area contributed by atoms with Crippen LogP contribution < -0.4 is 10.6 Å². The van der Waals surface area contributed by atoms with Crippen LogP contribution in [0.4, 0.5) is 5.82 Å². The number of terminal acetylenes is 1. The lowest BCUT2D eigenvalue weighted by Gasteiger charge is -2.16. The van der Waals surface area contributed by atoms with E-state index in [0.29, 0.717) is 23.4 Å². The summed E-state index contributed by atoms with van der Waals surface area (Å²) in [6.07, 6.45) is 6.77. The number of aromatic nitrogens is 1. The van der Waals surface area contributed by atoms with Crippen LogP contribution >= 0.6 is 15.9 Å². The van der Waals surface area contributed by atoms with Gasteiger partial charge in [0.05, 0.1) is 12.6 Å². The molecule has 3 atom stereocenters. The highest BCUT2D eigenvalue weighted by Gasteiger charge is 2.60. The third-order valence-corrected chi connectivity index (χ3v) is 5.04. The Balaban J connectivity index is 1.64. The molecule has 1 amide bonds. The van der Waals surface area contributed by atoms with Crippen molar-refractivity contribution in [2.45, 2.75) is 31.5 Å². The van der Waals surface area contributed by atoms with E-state index < -0.39 is 0 Å². The lowest BCUT2D eigenvalue weighted by molar-refractivity contribution is -0.118. The third-order valence-electron chi connectivity index (χ3n) is 4.60. The minimum atomic E-state index is -0.326. The summed E-state index contributed by atoms with van der Waals surface area (Å²) in [5.41, 5.74) is 9.17. The molecule has 1 saturated heterocycles. The Hall–Kier alpha value is -2.11. The molecule has 1 saturated carbocycles. The van der Waals surface area contributed by atoms with Crippen LogP contribution in [0, 0.1) is 17.8 Å². The number of hydrogen-bond acceptors (Lipinski definition) is 5. The number of rotatable bonds is 7. The molecular formula is C16H17BrN6O2. The number of piperidine rings is 1. The van der Waals surface area contributed by atoms with Gasteiger partial charge in [-0.15, -0.1) is 6.42 Å². The lowest BCUT2D eigenvalue weighted by atomic mass is 9.99. The molecule has 0 aromatic carbocycles. The second-order valence-electron chi connectivity index (χ2n) is 6.26. The first-order valence-electron chi connectivity index (χ1n) is 7.82. The number of fused-ring (bicyclic) bond motifs is 1. The van der Waals surface area contributed by atoms with Gasteiger partial charge in [0.1, 0.15) is 17.0 Å². The van der Waals surface area contributed by atoms with E-state index in [1.165, 1.54) is 0 Å². The van der Waals surface area contributed by atoms with Gasteiger partial charge in [-0.05, 0) is 45.8 Å². The van der Waals surface area contributed by atoms with Gasteiger partial charge >= 0.3 is 0 Å². The van der Waals surface area contributed by atoms with Crippen molar-refractivity contribution in [1.29, 1.82) is 0 Å². The maximum Gasteiger partial charge on any atom is 0.242 e. The molecule has 2 aliphatic rings. The minimum absolute atomic E-state index is 0.0718. The molecule has 0 radical (unpaired) electrons. The highest BCUT2D eigenvalue weighted by molar-refractivity contribution is 9.10. The van der Waals surface area contributed by atoms with Gasteiger partial charge in [0.15, 0.2) is 0 Å². The van der Waals surface area contributed by atoms with Crippen molar-refractivity contribution in [1.82, 2.24) is 10.3 Å². The number of azide groups is 1. The number of nitrogens with one attached hydrogen (secondary N) is 2. The molecule has 3 rings (SSSR count). The topological polar surface area (TPSA) is 112 Å². The first-order chi connectivity index (χ1) is 12.1. The number of carbonyl (C=O) groups is 1. The van der Waals surface area contributed by atoms with Crippen LogP contribution in [-0.4, -0.2) is 36.1 Å². The molecule has 2 fully saturated rings. The van der Waals surface area contributed by atoms with E-state index in [1.54, 1.807) is 6.07 Å². The summed E-state index contributed by atoms with van der Waals surface area (Å²) < 4.78 is 5.95. The molecule has 1 unspecified atom stereocenters. The second kappa shape index (κ2) is 7.42. The van der Waals surface area contributed by atoms with E-state index in [-0.39, 0.29) is 36.6 Å². The molecule has 2 N–H and O–H groups in total. The molecule has 0 bridgehead atoms. The first-order valence-corrected chi connectivity index (χ1v) is 8.62. The van der Waals surface area contributed by atoms with E-state index in [2.05, 4.69) is 47.5 Å². The van der Waals surface area contributed by atoms with Crippen molar-refractivity contribution in [3.8, 4) is 12.3 Å². The van der Waals surface area contributed by atoms with Crippen molar-refractivity contribution < 1.29 is 9.53 Å². The number of pyridine rings is 1. The zero-order chi connectivity index (χ0) is 17.9. The van der Waals surface area contributed by atoms with E-state index >= 15 is 0 Å². The summed E-state index contributed by atoms with van der Waals surface area (Å²) in [6.45, 7) is 0.879. The predicted molar refractivity (Wildman–Crippen MR) is 95.4 cm³/mol. The molecular weight excluding hydrogens is 388 g/mol. The summed E-state index contributed by atoms with van der Waals surface area (Å²) in [4.78, 5) is 19.7. The summed E-state index contributed by atoms with van der Waals surface area (Å²) in [7, 11) is 0. The van der Waals surface area contributed by atoms with Crippen LogP contribution in [0.3, 0.4) is 0 Å². The van der Waals surface area contributed by atoms with Gasteiger partial charge in [0.25, 0.3) is 0 Å². The molecule has 130 valence electrons. The molecule has 25 heavy (non-hydrogen) atoms. The highest BCUT2D eigenvalue weighted by Crippen LogP contribution is 2.54. The standard InChI is InChI=1S/C16H17BrN6O2/c1-2-5-25-8-10-3-4-13(17)21-14(10)22-15(24)11-6-16(9-19-23-18)7-12(16)20-11/h1,3-4,11-12,20H,5-9H2,(H,21,22,24)/t11-,12?,16-/m0/s1. The largest absolute Gasteiger partial charge is 0.364 e. The maximum absolute atomic E-state index is 12.6. The average molecular weight is 405 g/mol. The van der Waals surface area contributed by atoms with Gasteiger partial charge in [0, 0.05) is 23.1 Å².